The zero-order chi connectivity index (χ0) is 31.7. The average molecular weight is 619 g/mol. The van der Waals surface area contributed by atoms with Crippen LogP contribution in [0.25, 0.3) is 0 Å². The lowest BCUT2D eigenvalue weighted by Crippen LogP contribution is -2.41. The van der Waals surface area contributed by atoms with E-state index in [1.54, 1.807) is 39.1 Å². The average Bonchev–Trinajstić information content (AvgIpc) is 3.53. The Bertz CT molecular complexity index is 1540. The van der Waals surface area contributed by atoms with Crippen LogP contribution in [0.15, 0.2) is 48.1 Å². The van der Waals surface area contributed by atoms with Gasteiger partial charge in [0.05, 0.1) is 17.1 Å². The fourth-order valence-electron chi connectivity index (χ4n) is 7.45. The van der Waals surface area contributed by atoms with Crippen molar-refractivity contribution < 1.29 is 41.7 Å². The molecule has 2 heterocycles. The Hall–Kier alpha value is -3.47. The van der Waals surface area contributed by atoms with E-state index in [4.69, 9.17) is 4.74 Å². The van der Waals surface area contributed by atoms with Crippen molar-refractivity contribution in [1.82, 2.24) is 9.88 Å². The SMILES string of the molecule is CC1C=C(N2CCC(C(C)(C)O)CC2)C=C(F)C1c1cc(COc2cc3c(cn2)[C@H]2[C@@H](C3)[C@@H]2C(=O)O)c(F)cc1C(F)(F)F. The molecule has 0 bridgehead atoms. The van der Waals surface area contributed by atoms with Gasteiger partial charge in [-0.3, -0.25) is 4.79 Å². The number of likely N-dealkylation sites (tertiary alicyclic amines) is 1. The van der Waals surface area contributed by atoms with E-state index < -0.39 is 59.3 Å². The molecule has 6 rings (SSSR count). The molecule has 0 radical (unpaired) electrons. The maximum Gasteiger partial charge on any atom is 0.416 e. The first-order chi connectivity index (χ1) is 20.6. The number of hydrogen-bond donors (Lipinski definition) is 2. The van der Waals surface area contributed by atoms with Crippen molar-refractivity contribution in [3.8, 4) is 5.88 Å². The molecule has 0 spiro atoms. The van der Waals surface area contributed by atoms with Gasteiger partial charge in [0.2, 0.25) is 5.88 Å². The zero-order valence-corrected chi connectivity index (χ0v) is 24.7. The first-order valence-corrected chi connectivity index (χ1v) is 14.9. The zero-order valence-electron chi connectivity index (χ0n) is 24.7. The third-order valence-electron chi connectivity index (χ3n) is 9.90. The molecule has 6 nitrogen and oxygen atoms in total. The van der Waals surface area contributed by atoms with E-state index in [-0.39, 0.29) is 34.8 Å². The second kappa shape index (κ2) is 10.9. The van der Waals surface area contributed by atoms with Crippen molar-refractivity contribution in [1.29, 1.82) is 0 Å². The summed E-state index contributed by atoms with van der Waals surface area (Å²) >= 11 is 0. The van der Waals surface area contributed by atoms with E-state index in [0.29, 0.717) is 44.1 Å². The summed E-state index contributed by atoms with van der Waals surface area (Å²) in [6, 6.07) is 3.11. The number of pyridine rings is 1. The predicted molar refractivity (Wildman–Crippen MR) is 151 cm³/mol. The minimum atomic E-state index is -4.91. The molecule has 5 atom stereocenters. The molecule has 2 fully saturated rings. The molecule has 2 unspecified atom stereocenters. The Balaban J connectivity index is 1.21. The minimum absolute atomic E-state index is 0.0176. The Morgan fingerprint density at radius 1 is 1.11 bits per heavy atom. The van der Waals surface area contributed by atoms with E-state index >= 15 is 8.78 Å². The number of nitrogens with zero attached hydrogens (tertiary/aromatic N) is 2. The van der Waals surface area contributed by atoms with Gasteiger partial charge in [0, 0.05) is 48.4 Å². The number of halogens is 5. The third kappa shape index (κ3) is 5.59. The lowest BCUT2D eigenvalue weighted by Gasteiger charge is -2.40. The smallest absolute Gasteiger partial charge is 0.416 e. The van der Waals surface area contributed by atoms with Gasteiger partial charge in [0.15, 0.2) is 0 Å². The number of aromatic nitrogens is 1. The lowest BCUT2D eigenvalue weighted by atomic mass is 9.79. The molecule has 44 heavy (non-hydrogen) atoms. The number of allylic oxidation sites excluding steroid dienone is 3. The predicted octanol–water partition coefficient (Wildman–Crippen LogP) is 6.74. The number of ether oxygens (including phenoxy) is 1. The molecule has 11 heteroatoms. The summed E-state index contributed by atoms with van der Waals surface area (Å²) < 4.78 is 78.9. The number of alkyl halides is 3. The number of carboxylic acid groups (broad SMARTS) is 1. The van der Waals surface area contributed by atoms with Gasteiger partial charge < -0.3 is 19.8 Å². The van der Waals surface area contributed by atoms with Crippen molar-refractivity contribution in [3.63, 3.8) is 0 Å². The van der Waals surface area contributed by atoms with Crippen LogP contribution in [0.3, 0.4) is 0 Å². The van der Waals surface area contributed by atoms with Crippen LogP contribution < -0.4 is 4.74 Å². The molecule has 1 aliphatic heterocycles. The van der Waals surface area contributed by atoms with Crippen LogP contribution in [0, 0.1) is 29.5 Å². The summed E-state index contributed by atoms with van der Waals surface area (Å²) in [5.41, 5.74) is -0.248. The molecule has 1 aromatic heterocycles. The number of aliphatic carboxylic acids is 1. The van der Waals surface area contributed by atoms with Crippen LogP contribution in [0.2, 0.25) is 0 Å². The van der Waals surface area contributed by atoms with Gasteiger partial charge in [-0.25, -0.2) is 13.8 Å². The number of hydrogen-bond acceptors (Lipinski definition) is 5. The highest BCUT2D eigenvalue weighted by atomic mass is 19.4. The van der Waals surface area contributed by atoms with Crippen molar-refractivity contribution in [2.24, 2.45) is 23.7 Å². The van der Waals surface area contributed by atoms with Crippen molar-refractivity contribution in [2.45, 2.75) is 70.3 Å². The number of carbonyl (C=O) groups is 1. The molecule has 1 saturated heterocycles. The van der Waals surface area contributed by atoms with E-state index in [1.165, 1.54) is 6.08 Å². The maximum atomic E-state index is 15.8. The van der Waals surface area contributed by atoms with E-state index in [1.807, 2.05) is 4.90 Å². The number of piperidine rings is 1. The lowest BCUT2D eigenvalue weighted by molar-refractivity contribution is -0.139. The van der Waals surface area contributed by atoms with Crippen molar-refractivity contribution in [3.05, 3.63) is 81.7 Å². The van der Waals surface area contributed by atoms with E-state index in [0.717, 1.165) is 17.2 Å². The molecule has 1 saturated carbocycles. The number of rotatable bonds is 7. The van der Waals surface area contributed by atoms with E-state index in [2.05, 4.69) is 4.98 Å². The van der Waals surface area contributed by atoms with Crippen LogP contribution in [-0.2, 0) is 24.0 Å². The molecule has 236 valence electrons. The Labute approximate surface area is 252 Å². The summed E-state index contributed by atoms with van der Waals surface area (Å²) in [6.07, 6.45) is 1.64. The number of carboxylic acids is 1. The molecular formula is C33H35F5N2O4. The van der Waals surface area contributed by atoms with Crippen LogP contribution in [0.4, 0.5) is 22.0 Å². The summed E-state index contributed by atoms with van der Waals surface area (Å²) in [7, 11) is 0. The van der Waals surface area contributed by atoms with Gasteiger partial charge in [-0.1, -0.05) is 13.0 Å². The summed E-state index contributed by atoms with van der Waals surface area (Å²) in [6.45, 7) is 5.94. The Kier molecular flexibility index (Phi) is 7.54. The topological polar surface area (TPSA) is 82.9 Å². The molecule has 0 amide bonds. The van der Waals surface area contributed by atoms with Gasteiger partial charge in [0.1, 0.15) is 18.3 Å². The first-order valence-electron chi connectivity index (χ1n) is 14.9. The quantitative estimate of drug-likeness (QED) is 0.335. The van der Waals surface area contributed by atoms with Crippen LogP contribution >= 0.6 is 0 Å². The second-order valence-corrected chi connectivity index (χ2v) is 13.2. The van der Waals surface area contributed by atoms with E-state index in [9.17, 15) is 28.2 Å². The third-order valence-corrected chi connectivity index (χ3v) is 9.90. The molecule has 3 aliphatic carbocycles. The number of benzene rings is 1. The summed E-state index contributed by atoms with van der Waals surface area (Å²) in [4.78, 5) is 17.6. The standard InChI is InChI=1S/C33H35F5N2O4/c1-16-8-20(40-6-4-19(5-7-40)32(2,3)43)12-26(35)28(16)21-10-18(25(34)13-24(21)33(36,37)38)15-44-27-11-17-9-22-29(23(17)14-39-27)30(22)31(41)42/h8,10-14,16,19,22,28-30,43H,4-7,9,15H2,1-3H3,(H,41,42)/t16?,22-,28?,29-,30+/m1/s1. The largest absolute Gasteiger partial charge is 0.481 e. The van der Waals surface area contributed by atoms with Gasteiger partial charge in [-0.2, -0.15) is 13.2 Å². The fraction of sp³-hybridized carbons (Fsp3) is 0.515. The molecule has 1 aromatic carbocycles. The van der Waals surface area contributed by atoms with Crippen molar-refractivity contribution in [2.75, 3.05) is 13.1 Å². The highest BCUT2D eigenvalue weighted by molar-refractivity contribution is 5.77. The van der Waals surface area contributed by atoms with Crippen molar-refractivity contribution >= 4 is 5.97 Å². The maximum absolute atomic E-state index is 15.8. The van der Waals surface area contributed by atoms with Gasteiger partial charge in [-0.15, -0.1) is 0 Å². The summed E-state index contributed by atoms with van der Waals surface area (Å²) in [5.74, 6) is -4.83. The Morgan fingerprint density at radius 3 is 2.43 bits per heavy atom. The normalized spacial score (nSPS) is 26.9. The van der Waals surface area contributed by atoms with Crippen LogP contribution in [0.1, 0.15) is 73.3 Å². The highest BCUT2D eigenvalue weighted by Crippen LogP contribution is 2.61. The van der Waals surface area contributed by atoms with Crippen LogP contribution in [-0.4, -0.2) is 44.8 Å². The van der Waals surface area contributed by atoms with Crippen LogP contribution in [0.5, 0.6) is 5.88 Å². The highest BCUT2D eigenvalue weighted by Gasteiger charge is 2.60. The van der Waals surface area contributed by atoms with Gasteiger partial charge >= 0.3 is 12.1 Å². The fourth-order valence-corrected chi connectivity index (χ4v) is 7.45. The summed E-state index contributed by atoms with van der Waals surface area (Å²) in [5, 5.41) is 19.6. The minimum Gasteiger partial charge on any atom is -0.481 e. The number of fused-ring (bicyclic) bond motifs is 3. The Morgan fingerprint density at radius 2 is 1.82 bits per heavy atom. The monoisotopic (exact) mass is 618 g/mol. The second-order valence-electron chi connectivity index (χ2n) is 13.2. The first kappa shape index (κ1) is 30.6. The van der Waals surface area contributed by atoms with Gasteiger partial charge in [0.25, 0.3) is 0 Å². The van der Waals surface area contributed by atoms with Gasteiger partial charge in [-0.05, 0) is 85.8 Å². The molecule has 2 N–H and O–H groups in total. The molecule has 2 aromatic rings. The molecular weight excluding hydrogens is 583 g/mol. The number of aliphatic hydroxyl groups is 1. The molecule has 4 aliphatic rings.